The van der Waals surface area contributed by atoms with Crippen molar-refractivity contribution in [1.29, 1.82) is 0 Å². The van der Waals surface area contributed by atoms with Crippen molar-refractivity contribution >= 4 is 11.9 Å². The number of carbonyl (C=O) groups is 2. The Morgan fingerprint density at radius 3 is 2.29 bits per heavy atom. The van der Waals surface area contributed by atoms with Gasteiger partial charge in [-0.1, -0.05) is 48.5 Å². The number of hydrogen-bond acceptors (Lipinski definition) is 2. The van der Waals surface area contributed by atoms with Gasteiger partial charge in [0.05, 0.1) is 5.41 Å². The first-order chi connectivity index (χ1) is 11.6. The van der Waals surface area contributed by atoms with Crippen LogP contribution in [0.1, 0.15) is 34.3 Å². The molecule has 1 saturated carbocycles. The lowest BCUT2D eigenvalue weighted by Crippen LogP contribution is -2.34. The standard InChI is InChI=1S/C20H21NO3/c22-18(21-14-20(12-13-20)19(23)24)17-9-5-4-8-16(17)11-10-15-6-2-1-3-7-15/h1-9H,10-14H2,(H,21,22)(H,23,24). The van der Waals surface area contributed by atoms with E-state index in [-0.39, 0.29) is 12.5 Å². The molecule has 0 aromatic heterocycles. The van der Waals surface area contributed by atoms with Gasteiger partial charge in [0.2, 0.25) is 0 Å². The number of aryl methyl sites for hydroxylation is 2. The van der Waals surface area contributed by atoms with Gasteiger partial charge in [-0.05, 0) is 42.9 Å². The molecule has 0 spiro atoms. The number of hydrogen-bond donors (Lipinski definition) is 2. The highest BCUT2D eigenvalue weighted by atomic mass is 16.4. The van der Waals surface area contributed by atoms with E-state index in [1.165, 1.54) is 5.56 Å². The molecule has 4 heteroatoms. The second kappa shape index (κ2) is 6.87. The van der Waals surface area contributed by atoms with Crippen LogP contribution < -0.4 is 5.32 Å². The molecule has 24 heavy (non-hydrogen) atoms. The van der Waals surface area contributed by atoms with Crippen molar-refractivity contribution in [3.63, 3.8) is 0 Å². The maximum atomic E-state index is 12.5. The van der Waals surface area contributed by atoms with Crippen LogP contribution in [0.3, 0.4) is 0 Å². The number of amides is 1. The van der Waals surface area contributed by atoms with Crippen LogP contribution in [-0.4, -0.2) is 23.5 Å². The van der Waals surface area contributed by atoms with Gasteiger partial charge in [0.1, 0.15) is 0 Å². The zero-order chi connectivity index (χ0) is 17.0. The minimum Gasteiger partial charge on any atom is -0.481 e. The second-order valence-corrected chi connectivity index (χ2v) is 6.41. The van der Waals surface area contributed by atoms with E-state index < -0.39 is 11.4 Å². The van der Waals surface area contributed by atoms with Crippen LogP contribution in [0.15, 0.2) is 54.6 Å². The summed E-state index contributed by atoms with van der Waals surface area (Å²) in [5.41, 5.74) is 2.11. The first kappa shape index (κ1) is 16.2. The lowest BCUT2D eigenvalue weighted by molar-refractivity contribution is -0.143. The van der Waals surface area contributed by atoms with Crippen LogP contribution in [0.5, 0.6) is 0 Å². The topological polar surface area (TPSA) is 66.4 Å². The lowest BCUT2D eigenvalue weighted by Gasteiger charge is -2.13. The van der Waals surface area contributed by atoms with Gasteiger partial charge in [0.15, 0.2) is 0 Å². The number of rotatable bonds is 7. The Balaban J connectivity index is 1.65. The maximum absolute atomic E-state index is 12.5. The first-order valence-corrected chi connectivity index (χ1v) is 8.24. The summed E-state index contributed by atoms with van der Waals surface area (Å²) in [6.45, 7) is 0.203. The molecular weight excluding hydrogens is 302 g/mol. The van der Waals surface area contributed by atoms with Gasteiger partial charge in [-0.2, -0.15) is 0 Å². The van der Waals surface area contributed by atoms with Gasteiger partial charge in [-0.3, -0.25) is 9.59 Å². The molecule has 2 aromatic rings. The molecule has 0 radical (unpaired) electrons. The molecule has 0 bridgehead atoms. The summed E-state index contributed by atoms with van der Waals surface area (Å²) in [6, 6.07) is 17.7. The number of carboxylic acid groups (broad SMARTS) is 1. The van der Waals surface area contributed by atoms with Crippen LogP contribution in [0.25, 0.3) is 0 Å². The van der Waals surface area contributed by atoms with E-state index in [1.807, 2.05) is 36.4 Å². The second-order valence-electron chi connectivity index (χ2n) is 6.41. The smallest absolute Gasteiger partial charge is 0.311 e. The average Bonchev–Trinajstić information content (AvgIpc) is 3.40. The summed E-state index contributed by atoms with van der Waals surface area (Å²) in [5.74, 6) is -1.01. The lowest BCUT2D eigenvalue weighted by atomic mass is 9.99. The molecule has 2 aromatic carbocycles. The number of benzene rings is 2. The Morgan fingerprint density at radius 1 is 0.958 bits per heavy atom. The van der Waals surface area contributed by atoms with E-state index >= 15 is 0 Å². The van der Waals surface area contributed by atoms with Crippen molar-refractivity contribution in [3.8, 4) is 0 Å². The quantitative estimate of drug-likeness (QED) is 0.823. The van der Waals surface area contributed by atoms with E-state index in [9.17, 15) is 14.7 Å². The molecule has 1 aliphatic rings. The van der Waals surface area contributed by atoms with Crippen LogP contribution in [0.2, 0.25) is 0 Å². The molecule has 1 fully saturated rings. The van der Waals surface area contributed by atoms with E-state index in [2.05, 4.69) is 17.4 Å². The number of aliphatic carboxylic acids is 1. The van der Waals surface area contributed by atoms with Crippen molar-refractivity contribution in [3.05, 3.63) is 71.3 Å². The Bertz CT molecular complexity index is 736. The SMILES string of the molecule is O=C(NCC1(C(=O)O)CC1)c1ccccc1CCc1ccccc1. The molecule has 1 aliphatic carbocycles. The zero-order valence-electron chi connectivity index (χ0n) is 13.5. The first-order valence-electron chi connectivity index (χ1n) is 8.24. The van der Waals surface area contributed by atoms with Crippen LogP contribution >= 0.6 is 0 Å². The summed E-state index contributed by atoms with van der Waals surface area (Å²) in [6.07, 6.45) is 2.92. The predicted octanol–water partition coefficient (Wildman–Crippen LogP) is 3.07. The monoisotopic (exact) mass is 323 g/mol. The molecule has 0 atom stereocenters. The highest BCUT2D eigenvalue weighted by Crippen LogP contribution is 2.45. The van der Waals surface area contributed by atoms with Crippen LogP contribution in [0, 0.1) is 5.41 Å². The summed E-state index contributed by atoms with van der Waals surface area (Å²) >= 11 is 0. The Hall–Kier alpha value is -2.62. The minimum atomic E-state index is -0.819. The normalized spacial score (nSPS) is 14.8. The molecule has 124 valence electrons. The van der Waals surface area contributed by atoms with Gasteiger partial charge in [-0.25, -0.2) is 0 Å². The number of nitrogens with one attached hydrogen (secondary N) is 1. The maximum Gasteiger partial charge on any atom is 0.311 e. The fourth-order valence-electron chi connectivity index (χ4n) is 2.85. The van der Waals surface area contributed by atoms with E-state index in [4.69, 9.17) is 0 Å². The number of carbonyl (C=O) groups excluding carboxylic acids is 1. The van der Waals surface area contributed by atoms with Crippen LogP contribution in [0.4, 0.5) is 0 Å². The largest absolute Gasteiger partial charge is 0.481 e. The number of carboxylic acids is 1. The summed E-state index contributed by atoms with van der Waals surface area (Å²) in [5, 5.41) is 12.0. The van der Waals surface area contributed by atoms with Gasteiger partial charge in [0, 0.05) is 12.1 Å². The Kier molecular flexibility index (Phi) is 4.65. The summed E-state index contributed by atoms with van der Waals surface area (Å²) in [4.78, 5) is 23.7. The molecule has 0 heterocycles. The molecule has 3 rings (SSSR count). The molecule has 0 saturated heterocycles. The highest BCUT2D eigenvalue weighted by Gasteiger charge is 2.50. The fourth-order valence-corrected chi connectivity index (χ4v) is 2.85. The van der Waals surface area contributed by atoms with Crippen molar-refractivity contribution in [1.82, 2.24) is 5.32 Å². The van der Waals surface area contributed by atoms with Crippen LogP contribution in [-0.2, 0) is 17.6 Å². The molecule has 1 amide bonds. The van der Waals surface area contributed by atoms with Crippen molar-refractivity contribution < 1.29 is 14.7 Å². The van der Waals surface area contributed by atoms with E-state index in [0.29, 0.717) is 18.4 Å². The third-order valence-electron chi connectivity index (χ3n) is 4.68. The third-order valence-corrected chi connectivity index (χ3v) is 4.68. The molecule has 0 aliphatic heterocycles. The van der Waals surface area contributed by atoms with Gasteiger partial charge in [-0.15, -0.1) is 0 Å². The van der Waals surface area contributed by atoms with Gasteiger partial charge < -0.3 is 10.4 Å². The Morgan fingerprint density at radius 2 is 1.62 bits per heavy atom. The third kappa shape index (κ3) is 3.65. The molecule has 4 nitrogen and oxygen atoms in total. The zero-order valence-corrected chi connectivity index (χ0v) is 13.5. The van der Waals surface area contributed by atoms with Crippen molar-refractivity contribution in [2.75, 3.05) is 6.54 Å². The average molecular weight is 323 g/mol. The van der Waals surface area contributed by atoms with E-state index in [1.54, 1.807) is 6.07 Å². The Labute approximate surface area is 141 Å². The van der Waals surface area contributed by atoms with Crippen molar-refractivity contribution in [2.24, 2.45) is 5.41 Å². The minimum absolute atomic E-state index is 0.189. The molecular formula is C20H21NO3. The van der Waals surface area contributed by atoms with Gasteiger partial charge >= 0.3 is 5.97 Å². The fraction of sp³-hybridized carbons (Fsp3) is 0.300. The van der Waals surface area contributed by atoms with Crippen molar-refractivity contribution in [2.45, 2.75) is 25.7 Å². The molecule has 2 N–H and O–H groups in total. The summed E-state index contributed by atoms with van der Waals surface area (Å²) < 4.78 is 0. The van der Waals surface area contributed by atoms with E-state index in [0.717, 1.165) is 18.4 Å². The van der Waals surface area contributed by atoms with Gasteiger partial charge in [0.25, 0.3) is 5.91 Å². The summed E-state index contributed by atoms with van der Waals surface area (Å²) in [7, 11) is 0. The molecule has 0 unspecified atom stereocenters. The highest BCUT2D eigenvalue weighted by molar-refractivity contribution is 5.96. The predicted molar refractivity (Wildman–Crippen MR) is 91.9 cm³/mol.